The summed E-state index contributed by atoms with van der Waals surface area (Å²) in [6.45, 7) is 3.95. The van der Waals surface area contributed by atoms with Crippen LogP contribution >= 0.6 is 0 Å². The fraction of sp³-hybridized carbons (Fsp3) is 0.429. The van der Waals surface area contributed by atoms with E-state index in [-0.39, 0.29) is 18.4 Å². The predicted molar refractivity (Wildman–Crippen MR) is 71.9 cm³/mol. The number of aryl methyl sites for hydroxylation is 1. The smallest absolute Gasteiger partial charge is 0.264 e. The van der Waals surface area contributed by atoms with Crippen molar-refractivity contribution in [2.24, 2.45) is 0 Å². The van der Waals surface area contributed by atoms with Gasteiger partial charge in [-0.2, -0.15) is 4.98 Å². The van der Waals surface area contributed by atoms with Crippen LogP contribution in [0.15, 0.2) is 22.7 Å². The molecule has 1 aromatic heterocycles. The monoisotopic (exact) mass is 279 g/mol. The van der Waals surface area contributed by atoms with Gasteiger partial charge in [-0.25, -0.2) is 4.39 Å². The van der Waals surface area contributed by atoms with Crippen molar-refractivity contribution in [1.29, 1.82) is 0 Å². The second-order valence-corrected chi connectivity index (χ2v) is 4.45. The molecule has 0 aliphatic rings. The molecular formula is C14H18FN3O2. The van der Waals surface area contributed by atoms with E-state index in [2.05, 4.69) is 15.5 Å². The number of hydrogen-bond donors (Lipinski definition) is 1. The number of hydrogen-bond acceptors (Lipinski definition) is 5. The molecule has 0 saturated carbocycles. The van der Waals surface area contributed by atoms with Crippen LogP contribution in [-0.2, 0) is 13.0 Å². The Morgan fingerprint density at radius 2 is 2.25 bits per heavy atom. The molecule has 2 rings (SSSR count). The summed E-state index contributed by atoms with van der Waals surface area (Å²) in [5, 5.41) is 6.80. The zero-order chi connectivity index (χ0) is 14.5. The van der Waals surface area contributed by atoms with Gasteiger partial charge in [0.2, 0.25) is 0 Å². The highest BCUT2D eigenvalue weighted by Crippen LogP contribution is 2.22. The van der Waals surface area contributed by atoms with E-state index in [1.165, 1.54) is 6.07 Å². The van der Waals surface area contributed by atoms with Crippen LogP contribution < -0.4 is 10.1 Å². The number of benzene rings is 1. The molecule has 0 radical (unpaired) electrons. The maximum absolute atomic E-state index is 13.9. The minimum atomic E-state index is -0.403. The first kappa shape index (κ1) is 14.5. The van der Waals surface area contributed by atoms with Gasteiger partial charge >= 0.3 is 0 Å². The zero-order valence-corrected chi connectivity index (χ0v) is 11.8. The number of nitrogens with one attached hydrogen (secondary N) is 1. The van der Waals surface area contributed by atoms with Gasteiger partial charge in [0.05, 0.1) is 0 Å². The Balaban J connectivity index is 2.02. The fourth-order valence-electron chi connectivity index (χ4n) is 1.70. The number of halogens is 1. The van der Waals surface area contributed by atoms with E-state index in [4.69, 9.17) is 9.26 Å². The third-order valence-electron chi connectivity index (χ3n) is 3.07. The molecule has 0 spiro atoms. The number of ether oxygens (including phenoxy) is 1. The standard InChI is InChI=1S/C14H18FN3O2/c1-4-13-17-14(20-18-13)8-19-12-6-5-10(7-11(12)15)9(2)16-3/h5-7,9,16H,4,8H2,1-3H3. The van der Waals surface area contributed by atoms with Crippen LogP contribution in [0.1, 0.15) is 37.2 Å². The summed E-state index contributed by atoms with van der Waals surface area (Å²) >= 11 is 0. The summed E-state index contributed by atoms with van der Waals surface area (Å²) < 4.78 is 24.2. The highest BCUT2D eigenvalue weighted by atomic mass is 19.1. The first-order valence-corrected chi connectivity index (χ1v) is 6.55. The fourth-order valence-corrected chi connectivity index (χ4v) is 1.70. The Labute approximate surface area is 117 Å². The second-order valence-electron chi connectivity index (χ2n) is 4.45. The highest BCUT2D eigenvalue weighted by Gasteiger charge is 2.11. The first-order valence-electron chi connectivity index (χ1n) is 6.55. The average molecular weight is 279 g/mol. The van der Waals surface area contributed by atoms with Crippen LogP contribution in [0.5, 0.6) is 5.75 Å². The molecule has 2 aromatic rings. The lowest BCUT2D eigenvalue weighted by Crippen LogP contribution is -2.12. The van der Waals surface area contributed by atoms with Gasteiger partial charge in [0.25, 0.3) is 5.89 Å². The Hall–Kier alpha value is -1.95. The van der Waals surface area contributed by atoms with E-state index in [0.717, 1.165) is 5.56 Å². The van der Waals surface area contributed by atoms with Crippen molar-refractivity contribution < 1.29 is 13.7 Å². The van der Waals surface area contributed by atoms with Crippen LogP contribution in [-0.4, -0.2) is 17.2 Å². The summed E-state index contributed by atoms with van der Waals surface area (Å²) in [5.41, 5.74) is 0.864. The van der Waals surface area contributed by atoms with Crippen molar-refractivity contribution in [3.63, 3.8) is 0 Å². The van der Waals surface area contributed by atoms with E-state index in [1.54, 1.807) is 6.07 Å². The molecule has 0 aliphatic carbocycles. The van der Waals surface area contributed by atoms with Gasteiger partial charge < -0.3 is 14.6 Å². The van der Waals surface area contributed by atoms with E-state index >= 15 is 0 Å². The molecule has 20 heavy (non-hydrogen) atoms. The quantitative estimate of drug-likeness (QED) is 0.880. The topological polar surface area (TPSA) is 60.2 Å². The van der Waals surface area contributed by atoms with Crippen molar-refractivity contribution in [1.82, 2.24) is 15.5 Å². The molecule has 0 fully saturated rings. The van der Waals surface area contributed by atoms with Gasteiger partial charge in [0.1, 0.15) is 0 Å². The Bertz CT molecular complexity index is 571. The summed E-state index contributed by atoms with van der Waals surface area (Å²) in [4.78, 5) is 4.10. The first-order chi connectivity index (χ1) is 9.63. The lowest BCUT2D eigenvalue weighted by molar-refractivity contribution is 0.234. The van der Waals surface area contributed by atoms with Gasteiger partial charge in [0, 0.05) is 12.5 Å². The highest BCUT2D eigenvalue weighted by molar-refractivity contribution is 5.30. The third kappa shape index (κ3) is 3.33. The zero-order valence-electron chi connectivity index (χ0n) is 11.8. The molecule has 6 heteroatoms. The minimum absolute atomic E-state index is 0.0604. The molecular weight excluding hydrogens is 261 g/mol. The van der Waals surface area contributed by atoms with E-state index < -0.39 is 5.82 Å². The van der Waals surface area contributed by atoms with Crippen LogP contribution in [0.3, 0.4) is 0 Å². The second kappa shape index (κ2) is 6.47. The third-order valence-corrected chi connectivity index (χ3v) is 3.07. The SMILES string of the molecule is CCc1noc(COc2ccc(C(C)NC)cc2F)n1. The summed E-state index contributed by atoms with van der Waals surface area (Å²) in [6.07, 6.45) is 0.689. The van der Waals surface area contributed by atoms with E-state index in [1.807, 2.05) is 27.0 Å². The lowest BCUT2D eigenvalue weighted by atomic mass is 10.1. The maximum atomic E-state index is 13.9. The van der Waals surface area contributed by atoms with Crippen molar-refractivity contribution in [3.05, 3.63) is 41.3 Å². The normalized spacial score (nSPS) is 12.4. The number of nitrogens with zero attached hydrogens (tertiary/aromatic N) is 2. The van der Waals surface area contributed by atoms with Crippen molar-refractivity contribution >= 4 is 0 Å². The predicted octanol–water partition coefficient (Wildman–Crippen LogP) is 2.63. The van der Waals surface area contributed by atoms with Gasteiger partial charge in [-0.05, 0) is 31.7 Å². The van der Waals surface area contributed by atoms with Crippen molar-refractivity contribution in [2.45, 2.75) is 32.9 Å². The summed E-state index contributed by atoms with van der Waals surface area (Å²) in [6, 6.07) is 4.98. The molecule has 1 aromatic carbocycles. The maximum Gasteiger partial charge on any atom is 0.264 e. The number of rotatable bonds is 6. The molecule has 5 nitrogen and oxygen atoms in total. The van der Waals surface area contributed by atoms with Crippen molar-refractivity contribution in [3.8, 4) is 5.75 Å². The van der Waals surface area contributed by atoms with Crippen molar-refractivity contribution in [2.75, 3.05) is 7.05 Å². The minimum Gasteiger partial charge on any atom is -0.481 e. The molecule has 0 bridgehead atoms. The Kier molecular flexibility index (Phi) is 4.68. The molecule has 1 N–H and O–H groups in total. The van der Waals surface area contributed by atoms with Gasteiger partial charge in [0.15, 0.2) is 24.0 Å². The lowest BCUT2D eigenvalue weighted by Gasteiger charge is -2.12. The molecule has 1 unspecified atom stereocenters. The largest absolute Gasteiger partial charge is 0.481 e. The summed E-state index contributed by atoms with van der Waals surface area (Å²) in [5.74, 6) is 0.726. The summed E-state index contributed by atoms with van der Waals surface area (Å²) in [7, 11) is 1.83. The van der Waals surface area contributed by atoms with E-state index in [9.17, 15) is 4.39 Å². The van der Waals surface area contributed by atoms with Gasteiger partial charge in [-0.3, -0.25) is 0 Å². The van der Waals surface area contributed by atoms with E-state index in [0.29, 0.717) is 18.1 Å². The molecule has 1 heterocycles. The molecule has 0 saturated heterocycles. The van der Waals surface area contributed by atoms with Crippen LogP contribution in [0.2, 0.25) is 0 Å². The molecule has 0 amide bonds. The molecule has 108 valence electrons. The number of aromatic nitrogens is 2. The molecule has 0 aliphatic heterocycles. The van der Waals surface area contributed by atoms with Crippen LogP contribution in [0, 0.1) is 5.82 Å². The van der Waals surface area contributed by atoms with Crippen LogP contribution in [0.25, 0.3) is 0 Å². The average Bonchev–Trinajstić information content (AvgIpc) is 2.93. The van der Waals surface area contributed by atoms with Gasteiger partial charge in [-0.15, -0.1) is 0 Å². The van der Waals surface area contributed by atoms with Crippen LogP contribution in [0.4, 0.5) is 4.39 Å². The Morgan fingerprint density at radius 3 is 2.85 bits per heavy atom. The Morgan fingerprint density at radius 1 is 1.45 bits per heavy atom. The molecule has 1 atom stereocenters. The van der Waals surface area contributed by atoms with Gasteiger partial charge in [-0.1, -0.05) is 18.1 Å².